The molecule has 1 saturated carbocycles. The molecule has 22 heavy (non-hydrogen) atoms. The molecule has 2 aromatic rings. The van der Waals surface area contributed by atoms with E-state index in [1.807, 2.05) is 18.5 Å². The molecule has 9 heteroatoms. The van der Waals surface area contributed by atoms with Gasteiger partial charge in [0.25, 0.3) is 0 Å². The Hall–Kier alpha value is -1.48. The first kappa shape index (κ1) is 15.4. The van der Waals surface area contributed by atoms with E-state index in [-0.39, 0.29) is 16.1 Å². The minimum atomic E-state index is -3.49. The fraction of sp³-hybridized carbons (Fsp3) is 0.615. The van der Waals surface area contributed by atoms with Gasteiger partial charge in [0.2, 0.25) is 19.3 Å². The molecule has 0 unspecified atom stereocenters. The Balaban J connectivity index is 1.78. The van der Waals surface area contributed by atoms with Crippen molar-refractivity contribution in [1.82, 2.24) is 20.0 Å². The van der Waals surface area contributed by atoms with Crippen LogP contribution in [0, 0.1) is 0 Å². The highest BCUT2D eigenvalue weighted by Gasteiger charge is 2.27. The first-order valence-corrected chi connectivity index (χ1v) is 9.78. The van der Waals surface area contributed by atoms with Gasteiger partial charge in [-0.3, -0.25) is 4.68 Å². The maximum Gasteiger partial charge on any atom is 0.234 e. The minimum Gasteiger partial charge on any atom is -0.358 e. The number of sulfone groups is 1. The first-order valence-electron chi connectivity index (χ1n) is 7.31. The lowest BCUT2D eigenvalue weighted by Crippen LogP contribution is -2.21. The zero-order chi connectivity index (χ0) is 15.7. The van der Waals surface area contributed by atoms with Crippen molar-refractivity contribution in [3.8, 4) is 0 Å². The van der Waals surface area contributed by atoms with Crippen molar-refractivity contribution in [3.05, 3.63) is 18.0 Å². The Labute approximate surface area is 133 Å². The molecule has 0 bridgehead atoms. The topological polar surface area (TPSA) is 89.8 Å². The lowest BCUT2D eigenvalue weighted by molar-refractivity contribution is 0.284. The van der Waals surface area contributed by atoms with Gasteiger partial charge in [-0.2, -0.15) is 5.10 Å². The fourth-order valence-corrected chi connectivity index (χ4v) is 4.76. The molecule has 0 aliphatic heterocycles. The highest BCUT2D eigenvalue weighted by Crippen LogP contribution is 2.33. The summed E-state index contributed by atoms with van der Waals surface area (Å²) in [5.41, 5.74) is 0.721. The number of hydrogen-bond acceptors (Lipinski definition) is 7. The molecule has 2 aromatic heterocycles. The number of hydrogen-bond donors (Lipinski definition) is 1. The summed E-state index contributed by atoms with van der Waals surface area (Å²) in [5.74, 6) is -0.0835. The van der Waals surface area contributed by atoms with Crippen LogP contribution in [0.1, 0.15) is 44.8 Å². The zero-order valence-corrected chi connectivity index (χ0v) is 14.2. The number of nitrogens with one attached hydrogen (secondary N) is 1. The average molecular weight is 341 g/mol. The molecule has 0 amide bonds. The van der Waals surface area contributed by atoms with Crippen LogP contribution in [0.2, 0.25) is 0 Å². The van der Waals surface area contributed by atoms with Gasteiger partial charge in [-0.05, 0) is 39.2 Å². The Morgan fingerprint density at radius 3 is 2.82 bits per heavy atom. The number of nitrogens with zero attached hydrogens (tertiary/aromatic N) is 4. The van der Waals surface area contributed by atoms with E-state index in [1.54, 1.807) is 12.3 Å². The van der Waals surface area contributed by atoms with Gasteiger partial charge in [-0.25, -0.2) is 8.42 Å². The predicted octanol–water partition coefficient (Wildman–Crippen LogP) is 2.25. The van der Waals surface area contributed by atoms with Crippen molar-refractivity contribution in [2.24, 2.45) is 0 Å². The standard InChI is InChI=1S/C13H19N5O2S2/c1-9(2)15-12-16-17-13(21-12)22(19,20)8-11-6-7-14-18(11)10-4-3-5-10/h6-7,9-10H,3-5,8H2,1-2H3,(H,15,16). The Morgan fingerprint density at radius 1 is 1.41 bits per heavy atom. The van der Waals surface area contributed by atoms with E-state index in [1.165, 1.54) is 6.42 Å². The maximum absolute atomic E-state index is 12.5. The van der Waals surface area contributed by atoms with Crippen LogP contribution in [0.4, 0.5) is 5.13 Å². The van der Waals surface area contributed by atoms with Crippen LogP contribution in [0.3, 0.4) is 0 Å². The van der Waals surface area contributed by atoms with Crippen molar-refractivity contribution in [3.63, 3.8) is 0 Å². The van der Waals surface area contributed by atoms with Crippen LogP contribution in [0.25, 0.3) is 0 Å². The van der Waals surface area contributed by atoms with Crippen molar-refractivity contribution >= 4 is 26.3 Å². The van der Waals surface area contributed by atoms with Crippen LogP contribution in [-0.4, -0.2) is 34.4 Å². The van der Waals surface area contributed by atoms with Crippen LogP contribution >= 0.6 is 11.3 Å². The van der Waals surface area contributed by atoms with E-state index < -0.39 is 9.84 Å². The summed E-state index contributed by atoms with van der Waals surface area (Å²) in [6, 6.07) is 2.29. The van der Waals surface area contributed by atoms with Gasteiger partial charge in [0.15, 0.2) is 0 Å². The Kier molecular flexibility index (Phi) is 4.18. The molecule has 0 atom stereocenters. The van der Waals surface area contributed by atoms with Crippen molar-refractivity contribution < 1.29 is 8.42 Å². The molecule has 1 N–H and O–H groups in total. The van der Waals surface area contributed by atoms with Gasteiger partial charge in [-0.15, -0.1) is 10.2 Å². The molecule has 2 heterocycles. The van der Waals surface area contributed by atoms with Crippen LogP contribution in [0.5, 0.6) is 0 Å². The average Bonchev–Trinajstić information content (AvgIpc) is 2.97. The Morgan fingerprint density at radius 2 is 2.18 bits per heavy atom. The summed E-state index contributed by atoms with van der Waals surface area (Å²) in [7, 11) is -3.49. The highest BCUT2D eigenvalue weighted by atomic mass is 32.2. The third-order valence-corrected chi connectivity index (χ3v) is 6.55. The molecule has 1 fully saturated rings. The number of rotatable bonds is 6. The smallest absolute Gasteiger partial charge is 0.234 e. The van der Waals surface area contributed by atoms with Crippen LogP contribution < -0.4 is 5.32 Å². The van der Waals surface area contributed by atoms with Gasteiger partial charge in [0.05, 0.1) is 17.5 Å². The Bertz CT molecular complexity index is 746. The summed E-state index contributed by atoms with van der Waals surface area (Å²) in [6.45, 7) is 3.93. The van der Waals surface area contributed by atoms with Gasteiger partial charge >= 0.3 is 0 Å². The van der Waals surface area contributed by atoms with E-state index in [2.05, 4.69) is 20.6 Å². The third-order valence-electron chi connectivity index (χ3n) is 3.60. The SMILES string of the molecule is CC(C)Nc1nnc(S(=O)(=O)Cc2ccnn2C2CCC2)s1. The normalized spacial score (nSPS) is 16.0. The highest BCUT2D eigenvalue weighted by molar-refractivity contribution is 7.92. The van der Waals surface area contributed by atoms with Gasteiger partial charge in [0.1, 0.15) is 0 Å². The molecule has 120 valence electrons. The molecule has 1 aliphatic carbocycles. The molecule has 0 spiro atoms. The second-order valence-corrected chi connectivity index (χ2v) is 8.92. The second-order valence-electron chi connectivity index (χ2n) is 5.78. The fourth-order valence-electron chi connectivity index (χ4n) is 2.31. The van der Waals surface area contributed by atoms with Gasteiger partial charge in [-0.1, -0.05) is 11.3 Å². The summed E-state index contributed by atoms with van der Waals surface area (Å²) >= 11 is 1.07. The number of anilines is 1. The van der Waals surface area contributed by atoms with E-state index in [0.717, 1.165) is 29.9 Å². The number of aromatic nitrogens is 4. The predicted molar refractivity (Wildman–Crippen MR) is 84.7 cm³/mol. The summed E-state index contributed by atoms with van der Waals surface area (Å²) in [4.78, 5) is 0. The van der Waals surface area contributed by atoms with Crippen molar-refractivity contribution in [1.29, 1.82) is 0 Å². The molecule has 0 radical (unpaired) electrons. The lowest BCUT2D eigenvalue weighted by atomic mass is 9.93. The summed E-state index contributed by atoms with van der Waals surface area (Å²) < 4.78 is 26.9. The third kappa shape index (κ3) is 3.14. The van der Waals surface area contributed by atoms with Crippen LogP contribution in [0.15, 0.2) is 16.6 Å². The largest absolute Gasteiger partial charge is 0.358 e. The van der Waals surface area contributed by atoms with E-state index in [4.69, 9.17) is 0 Å². The van der Waals surface area contributed by atoms with E-state index >= 15 is 0 Å². The molecule has 0 aromatic carbocycles. The monoisotopic (exact) mass is 341 g/mol. The maximum atomic E-state index is 12.5. The lowest BCUT2D eigenvalue weighted by Gasteiger charge is -2.27. The van der Waals surface area contributed by atoms with Gasteiger partial charge in [0, 0.05) is 12.2 Å². The molecule has 1 aliphatic rings. The second kappa shape index (κ2) is 5.96. The minimum absolute atomic E-state index is 0.0528. The quantitative estimate of drug-likeness (QED) is 0.867. The van der Waals surface area contributed by atoms with E-state index in [9.17, 15) is 8.42 Å². The molecular weight excluding hydrogens is 322 g/mol. The van der Waals surface area contributed by atoms with Gasteiger partial charge < -0.3 is 5.32 Å². The van der Waals surface area contributed by atoms with Crippen molar-refractivity contribution in [2.75, 3.05) is 5.32 Å². The molecule has 0 saturated heterocycles. The molecule has 7 nitrogen and oxygen atoms in total. The van der Waals surface area contributed by atoms with Crippen molar-refractivity contribution in [2.45, 2.75) is 55.3 Å². The molecule has 3 rings (SSSR count). The van der Waals surface area contributed by atoms with Crippen LogP contribution in [-0.2, 0) is 15.6 Å². The van der Waals surface area contributed by atoms with E-state index in [0.29, 0.717) is 11.2 Å². The molecular formula is C13H19N5O2S2. The summed E-state index contributed by atoms with van der Waals surface area (Å²) in [6.07, 6.45) is 4.97. The first-order chi connectivity index (χ1) is 10.5. The summed E-state index contributed by atoms with van der Waals surface area (Å²) in [5, 5.41) is 15.6. The zero-order valence-electron chi connectivity index (χ0n) is 12.6.